The molecule has 1 N–H and O–H groups in total. The number of rotatable bonds is 48. The minimum atomic E-state index is -1.52. The summed E-state index contributed by atoms with van der Waals surface area (Å²) >= 11 is 0. The smallest absolute Gasteiger partial charge is 0.361 e. The number of quaternary nitrogens is 1. The fourth-order valence-electron chi connectivity index (χ4n) is 7.08. The highest BCUT2D eigenvalue weighted by molar-refractivity contribution is 5.71. The van der Waals surface area contributed by atoms with E-state index in [9.17, 15) is 19.5 Å². The average molecular weight is 939 g/mol. The van der Waals surface area contributed by atoms with Crippen LogP contribution >= 0.6 is 0 Å². The van der Waals surface area contributed by atoms with Crippen LogP contribution in [0.2, 0.25) is 0 Å². The zero-order valence-corrected chi connectivity index (χ0v) is 43.5. The third-order valence-corrected chi connectivity index (χ3v) is 11.1. The molecule has 0 bridgehead atoms. The molecule has 0 saturated heterocycles. The number of hydrogen-bond acceptors (Lipinski definition) is 7. The molecule has 0 saturated carbocycles. The number of aliphatic carboxylic acids is 1. The first-order chi connectivity index (χ1) is 32.6. The van der Waals surface area contributed by atoms with Crippen LogP contribution in [0.1, 0.15) is 206 Å². The van der Waals surface area contributed by atoms with Crippen LogP contribution in [0.15, 0.2) is 85.1 Å². The molecule has 0 heterocycles. The van der Waals surface area contributed by atoms with Crippen LogP contribution in [0.3, 0.4) is 0 Å². The van der Waals surface area contributed by atoms with Gasteiger partial charge in [-0.2, -0.15) is 0 Å². The van der Waals surface area contributed by atoms with Crippen molar-refractivity contribution in [3.05, 3.63) is 85.1 Å². The Kier molecular flexibility index (Phi) is 46.3. The number of ether oxygens (including phenoxy) is 4. The second-order valence-corrected chi connectivity index (χ2v) is 18.8. The number of hydrogen-bond donors (Lipinski definition) is 1. The van der Waals surface area contributed by atoms with Crippen LogP contribution in [0, 0.1) is 0 Å². The molecule has 2 unspecified atom stereocenters. The highest BCUT2D eigenvalue weighted by Gasteiger charge is 2.25. The summed E-state index contributed by atoms with van der Waals surface area (Å²) in [4.78, 5) is 37.3. The summed E-state index contributed by atoms with van der Waals surface area (Å²) in [5, 5.41) is 9.68. The van der Waals surface area contributed by atoms with Crippen molar-refractivity contribution < 1.29 is 42.9 Å². The van der Waals surface area contributed by atoms with E-state index in [1.807, 2.05) is 21.1 Å². The van der Waals surface area contributed by atoms with E-state index in [-0.39, 0.29) is 38.6 Å². The van der Waals surface area contributed by atoms with Gasteiger partial charge in [0.15, 0.2) is 6.10 Å². The minimum absolute atomic E-state index is 0.182. The number of nitrogens with zero attached hydrogens (tertiary/aromatic N) is 1. The molecule has 0 fully saturated rings. The lowest BCUT2D eigenvalue weighted by Gasteiger charge is -2.25. The molecule has 0 rings (SSSR count). The van der Waals surface area contributed by atoms with E-state index < -0.39 is 24.3 Å². The van der Waals surface area contributed by atoms with E-state index in [0.717, 1.165) is 96.3 Å². The van der Waals surface area contributed by atoms with Crippen molar-refractivity contribution in [2.45, 2.75) is 219 Å². The lowest BCUT2D eigenvalue weighted by Crippen LogP contribution is -2.40. The van der Waals surface area contributed by atoms with Gasteiger partial charge in [0, 0.05) is 12.8 Å². The van der Waals surface area contributed by atoms with Crippen molar-refractivity contribution in [2.24, 2.45) is 0 Å². The molecule has 2 atom stereocenters. The number of esters is 2. The molecule has 0 amide bonds. The SMILES string of the molecule is CC/C=C\C/C=C\C/C=C\C/C=C\CCCCCCCCCCCCCCC(=O)OC(COC(=O)CCCCCCCCC/C=C\C/C=C\C/C=C\CC)COC(OCC[N+](C)(C)C)C(=O)O. The van der Waals surface area contributed by atoms with Gasteiger partial charge >= 0.3 is 17.9 Å². The summed E-state index contributed by atoms with van der Waals surface area (Å²) in [7, 11) is 5.95. The Bertz CT molecular complexity index is 1370. The number of carboxylic acid groups (broad SMARTS) is 1. The monoisotopic (exact) mass is 939 g/mol. The quantitative estimate of drug-likeness (QED) is 0.0211. The first kappa shape index (κ1) is 63.5. The van der Waals surface area contributed by atoms with Crippen molar-refractivity contribution in [1.82, 2.24) is 0 Å². The lowest BCUT2D eigenvalue weighted by atomic mass is 10.0. The number of likely N-dealkylation sites (N-methyl/N-ethyl adjacent to an activating group) is 1. The predicted octanol–water partition coefficient (Wildman–Crippen LogP) is 15.2. The Morgan fingerprint density at radius 2 is 0.806 bits per heavy atom. The zero-order valence-electron chi connectivity index (χ0n) is 43.5. The Morgan fingerprint density at radius 1 is 0.448 bits per heavy atom. The van der Waals surface area contributed by atoms with Gasteiger partial charge in [0.05, 0.1) is 34.4 Å². The molecule has 0 spiro atoms. The standard InChI is InChI=1S/C58H99NO8/c1-6-8-10-12-14-16-18-20-22-24-25-26-27-28-29-30-31-33-35-37-39-41-43-45-47-49-56(61)67-54(53-66-58(57(62)63)64-51-50-59(3,4)5)52-65-55(60)48-46-44-42-40-38-36-34-32-23-21-19-17-15-13-11-9-7-2/h8-11,14-17,20-23,25-26,54,58H,6-7,12-13,18-19,24,27-53H2,1-5H3/p+1/b10-8-,11-9-,16-14-,17-15-,22-20-,23-21-,26-25-. The van der Waals surface area contributed by atoms with Crippen LogP contribution in [-0.4, -0.2) is 87.4 Å². The van der Waals surface area contributed by atoms with Gasteiger partial charge < -0.3 is 28.5 Å². The van der Waals surface area contributed by atoms with Crippen molar-refractivity contribution >= 4 is 17.9 Å². The molecule has 0 aliphatic carbocycles. The summed E-state index contributed by atoms with van der Waals surface area (Å²) in [6, 6.07) is 0. The number of allylic oxidation sites excluding steroid dienone is 14. The molecule has 0 aliphatic heterocycles. The molecule has 0 aromatic heterocycles. The molecule has 9 nitrogen and oxygen atoms in total. The first-order valence-corrected chi connectivity index (χ1v) is 26.8. The van der Waals surface area contributed by atoms with Gasteiger partial charge in [-0.15, -0.1) is 0 Å². The number of carbonyl (C=O) groups is 3. The average Bonchev–Trinajstić information content (AvgIpc) is 3.29. The third-order valence-electron chi connectivity index (χ3n) is 11.1. The van der Waals surface area contributed by atoms with Crippen LogP contribution in [0.4, 0.5) is 0 Å². The van der Waals surface area contributed by atoms with Gasteiger partial charge in [0.25, 0.3) is 6.29 Å². The zero-order chi connectivity index (χ0) is 49.2. The normalized spacial score (nSPS) is 13.5. The first-order valence-electron chi connectivity index (χ1n) is 26.8. The van der Waals surface area contributed by atoms with Gasteiger partial charge in [0.2, 0.25) is 0 Å². The van der Waals surface area contributed by atoms with Crippen molar-refractivity contribution in [3.63, 3.8) is 0 Å². The van der Waals surface area contributed by atoms with Gasteiger partial charge in [-0.3, -0.25) is 9.59 Å². The highest BCUT2D eigenvalue weighted by Crippen LogP contribution is 2.15. The van der Waals surface area contributed by atoms with Crippen molar-refractivity contribution in [2.75, 3.05) is 47.5 Å². The van der Waals surface area contributed by atoms with E-state index in [2.05, 4.69) is 98.9 Å². The van der Waals surface area contributed by atoms with Gasteiger partial charge in [0.1, 0.15) is 13.2 Å². The second-order valence-electron chi connectivity index (χ2n) is 18.8. The highest BCUT2D eigenvalue weighted by atomic mass is 16.7. The fourth-order valence-corrected chi connectivity index (χ4v) is 7.08. The summed E-state index contributed by atoms with van der Waals surface area (Å²) < 4.78 is 22.8. The molecule has 384 valence electrons. The summed E-state index contributed by atoms with van der Waals surface area (Å²) in [5.74, 6) is -2.03. The minimum Gasteiger partial charge on any atom is -0.477 e. The van der Waals surface area contributed by atoms with Gasteiger partial charge in [-0.1, -0.05) is 195 Å². The van der Waals surface area contributed by atoms with Crippen LogP contribution in [-0.2, 0) is 33.3 Å². The molecule has 0 aromatic rings. The number of carboxylic acids is 1. The maximum Gasteiger partial charge on any atom is 0.361 e. The fraction of sp³-hybridized carbons (Fsp3) is 0.707. The Labute approximate surface area is 410 Å². The number of carbonyl (C=O) groups excluding carboxylic acids is 2. The van der Waals surface area contributed by atoms with Crippen molar-refractivity contribution in [1.29, 1.82) is 0 Å². The maximum atomic E-state index is 12.9. The van der Waals surface area contributed by atoms with Gasteiger partial charge in [-0.05, 0) is 83.5 Å². The molecule has 0 radical (unpaired) electrons. The predicted molar refractivity (Wildman–Crippen MR) is 281 cm³/mol. The maximum absolute atomic E-state index is 12.9. The van der Waals surface area contributed by atoms with E-state index >= 15 is 0 Å². The molecule has 9 heteroatoms. The van der Waals surface area contributed by atoms with Crippen LogP contribution in [0.25, 0.3) is 0 Å². The molecule has 0 aromatic carbocycles. The Hall–Kier alpha value is -3.53. The van der Waals surface area contributed by atoms with E-state index in [4.69, 9.17) is 18.9 Å². The molecular weight excluding hydrogens is 839 g/mol. The van der Waals surface area contributed by atoms with Gasteiger partial charge in [-0.25, -0.2) is 4.79 Å². The Balaban J connectivity index is 4.30. The molecular formula is C58H100NO8+. The van der Waals surface area contributed by atoms with Crippen molar-refractivity contribution in [3.8, 4) is 0 Å². The third kappa shape index (κ3) is 50.2. The van der Waals surface area contributed by atoms with E-state index in [1.54, 1.807) is 0 Å². The second kappa shape index (κ2) is 48.9. The van der Waals surface area contributed by atoms with E-state index in [1.165, 1.54) is 77.0 Å². The summed E-state index contributed by atoms with van der Waals surface area (Å²) in [5.41, 5.74) is 0. The lowest BCUT2D eigenvalue weighted by molar-refractivity contribution is -0.870. The van der Waals surface area contributed by atoms with Crippen LogP contribution < -0.4 is 0 Å². The summed E-state index contributed by atoms with van der Waals surface area (Å²) in [6.07, 6.45) is 60.8. The number of unbranched alkanes of at least 4 members (excludes halogenated alkanes) is 19. The van der Waals surface area contributed by atoms with Crippen LogP contribution in [0.5, 0.6) is 0 Å². The summed E-state index contributed by atoms with van der Waals surface area (Å²) in [6.45, 7) is 4.64. The van der Waals surface area contributed by atoms with E-state index in [0.29, 0.717) is 17.4 Å². The largest absolute Gasteiger partial charge is 0.477 e. The molecule has 67 heavy (non-hydrogen) atoms. The molecule has 0 aliphatic rings. The Morgan fingerprint density at radius 3 is 1.19 bits per heavy atom. The topological polar surface area (TPSA) is 108 Å².